The van der Waals surface area contributed by atoms with Gasteiger partial charge in [-0.3, -0.25) is 4.99 Å². The summed E-state index contributed by atoms with van der Waals surface area (Å²) in [6.07, 6.45) is 2.08. The second kappa shape index (κ2) is 4.21. The third-order valence-corrected chi connectivity index (χ3v) is 3.39. The molecule has 1 heterocycles. The van der Waals surface area contributed by atoms with E-state index in [2.05, 4.69) is 39.4 Å². The maximum Gasteiger partial charge on any atom is 0.0513 e. The molecule has 0 fully saturated rings. The number of nitrogens with one attached hydrogen (secondary N) is 1. The number of halogens is 1. The molecule has 0 saturated heterocycles. The Bertz CT molecular complexity index is 147. The molecule has 0 spiro atoms. The minimum Gasteiger partial charge on any atom is -0.319 e. The summed E-state index contributed by atoms with van der Waals surface area (Å²) in [6.45, 7) is 4.24. The van der Waals surface area contributed by atoms with Crippen LogP contribution < -0.4 is 5.32 Å². The smallest absolute Gasteiger partial charge is 0.0513 e. The molecule has 0 aromatic rings. The lowest BCUT2D eigenvalue weighted by Gasteiger charge is -2.27. The molecule has 0 bridgehead atoms. The minimum absolute atomic E-state index is 0.561. The number of hydrogen-bond donors (Lipinski definition) is 1. The molecule has 0 saturated carbocycles. The van der Waals surface area contributed by atoms with E-state index in [4.69, 9.17) is 0 Å². The number of alkyl halides is 1. The Balaban J connectivity index is 2.50. The van der Waals surface area contributed by atoms with Crippen molar-refractivity contribution in [3.05, 3.63) is 0 Å². The molecular weight excluding hydrogens is 204 g/mol. The Morgan fingerprint density at radius 3 is 3.09 bits per heavy atom. The first-order valence-electron chi connectivity index (χ1n) is 4.04. The Kier molecular flexibility index (Phi) is 3.52. The van der Waals surface area contributed by atoms with E-state index in [1.807, 2.05) is 7.05 Å². The van der Waals surface area contributed by atoms with Gasteiger partial charge in [-0.15, -0.1) is 0 Å². The van der Waals surface area contributed by atoms with Crippen LogP contribution in [-0.2, 0) is 0 Å². The van der Waals surface area contributed by atoms with Gasteiger partial charge < -0.3 is 5.32 Å². The first kappa shape index (κ1) is 9.20. The summed E-state index contributed by atoms with van der Waals surface area (Å²) in [7, 11) is 1.98. The molecule has 64 valence electrons. The van der Waals surface area contributed by atoms with Crippen molar-refractivity contribution in [2.75, 3.05) is 20.1 Å². The molecule has 1 aliphatic heterocycles. The van der Waals surface area contributed by atoms with Gasteiger partial charge in [0.1, 0.15) is 0 Å². The molecule has 0 radical (unpaired) electrons. The van der Waals surface area contributed by atoms with E-state index >= 15 is 0 Å². The summed E-state index contributed by atoms with van der Waals surface area (Å²) in [5, 5.41) is 3.18. The third-order valence-electron chi connectivity index (χ3n) is 2.26. The standard InChI is InChI=1S/C8H15BrN2/c1-6-7(3-10-2)4-11-5-8(6)9/h4,6-8,10H,3,5H2,1-2H3/t6?,7?,8-/m0/s1. The van der Waals surface area contributed by atoms with E-state index in [0.717, 1.165) is 13.1 Å². The zero-order valence-electron chi connectivity index (χ0n) is 7.05. The van der Waals surface area contributed by atoms with Crippen LogP contribution in [0.25, 0.3) is 0 Å². The van der Waals surface area contributed by atoms with Crippen LogP contribution in [0.4, 0.5) is 0 Å². The van der Waals surface area contributed by atoms with E-state index in [-0.39, 0.29) is 0 Å². The van der Waals surface area contributed by atoms with Crippen molar-refractivity contribution >= 4 is 22.1 Å². The van der Waals surface area contributed by atoms with Crippen molar-refractivity contribution in [2.24, 2.45) is 16.8 Å². The van der Waals surface area contributed by atoms with E-state index in [1.54, 1.807) is 0 Å². The molecule has 3 atom stereocenters. The first-order valence-corrected chi connectivity index (χ1v) is 4.96. The highest BCUT2D eigenvalue weighted by Crippen LogP contribution is 2.23. The third kappa shape index (κ3) is 2.27. The average molecular weight is 219 g/mol. The van der Waals surface area contributed by atoms with Crippen LogP contribution in [0, 0.1) is 11.8 Å². The predicted octanol–water partition coefficient (Wildman–Crippen LogP) is 1.31. The quantitative estimate of drug-likeness (QED) is 0.695. The molecule has 1 aliphatic rings. The number of hydrogen-bond acceptors (Lipinski definition) is 2. The Labute approximate surface area is 76.6 Å². The zero-order chi connectivity index (χ0) is 8.27. The van der Waals surface area contributed by atoms with Gasteiger partial charge in [0, 0.05) is 23.5 Å². The van der Waals surface area contributed by atoms with E-state index in [1.165, 1.54) is 0 Å². The van der Waals surface area contributed by atoms with E-state index in [0.29, 0.717) is 16.7 Å². The fourth-order valence-corrected chi connectivity index (χ4v) is 1.90. The molecule has 1 N–H and O–H groups in total. The number of rotatable bonds is 2. The van der Waals surface area contributed by atoms with Gasteiger partial charge in [-0.05, 0) is 13.0 Å². The van der Waals surface area contributed by atoms with Gasteiger partial charge in [0.25, 0.3) is 0 Å². The Morgan fingerprint density at radius 2 is 2.45 bits per heavy atom. The predicted molar refractivity (Wildman–Crippen MR) is 52.7 cm³/mol. The highest BCUT2D eigenvalue weighted by Gasteiger charge is 2.24. The lowest BCUT2D eigenvalue weighted by molar-refractivity contribution is 0.421. The molecular formula is C8H15BrN2. The van der Waals surface area contributed by atoms with Gasteiger partial charge in [-0.25, -0.2) is 0 Å². The van der Waals surface area contributed by atoms with Crippen LogP contribution >= 0.6 is 15.9 Å². The second-order valence-corrected chi connectivity index (χ2v) is 4.29. The summed E-state index contributed by atoms with van der Waals surface area (Å²) in [6, 6.07) is 0. The lowest BCUT2D eigenvalue weighted by atomic mass is 9.90. The Morgan fingerprint density at radius 1 is 1.73 bits per heavy atom. The summed E-state index contributed by atoms with van der Waals surface area (Å²) < 4.78 is 0. The minimum atomic E-state index is 0.561. The van der Waals surface area contributed by atoms with Crippen molar-refractivity contribution in [1.82, 2.24) is 5.32 Å². The lowest BCUT2D eigenvalue weighted by Crippen LogP contribution is -2.34. The highest BCUT2D eigenvalue weighted by atomic mass is 79.9. The molecule has 0 aromatic carbocycles. The van der Waals surface area contributed by atoms with E-state index < -0.39 is 0 Å². The highest BCUT2D eigenvalue weighted by molar-refractivity contribution is 9.09. The molecule has 0 aromatic heterocycles. The van der Waals surface area contributed by atoms with Gasteiger partial charge in [0.2, 0.25) is 0 Å². The van der Waals surface area contributed by atoms with Crippen LogP contribution in [0.3, 0.4) is 0 Å². The SMILES string of the molecule is CNCC1C=NC[C@H](Br)C1C. The second-order valence-electron chi connectivity index (χ2n) is 3.11. The van der Waals surface area contributed by atoms with Gasteiger partial charge in [0.05, 0.1) is 6.54 Å². The molecule has 0 aliphatic carbocycles. The van der Waals surface area contributed by atoms with Gasteiger partial charge >= 0.3 is 0 Å². The summed E-state index contributed by atoms with van der Waals surface area (Å²) in [5.74, 6) is 1.29. The maximum atomic E-state index is 4.30. The van der Waals surface area contributed by atoms with Crippen molar-refractivity contribution in [3.8, 4) is 0 Å². The summed E-state index contributed by atoms with van der Waals surface area (Å²) >= 11 is 3.62. The largest absolute Gasteiger partial charge is 0.319 e. The maximum absolute atomic E-state index is 4.30. The zero-order valence-corrected chi connectivity index (χ0v) is 8.63. The number of nitrogens with zero attached hydrogens (tertiary/aromatic N) is 1. The van der Waals surface area contributed by atoms with Crippen molar-refractivity contribution in [1.29, 1.82) is 0 Å². The van der Waals surface area contributed by atoms with E-state index in [9.17, 15) is 0 Å². The van der Waals surface area contributed by atoms with Crippen LogP contribution in [0.15, 0.2) is 4.99 Å². The van der Waals surface area contributed by atoms with Crippen molar-refractivity contribution < 1.29 is 0 Å². The monoisotopic (exact) mass is 218 g/mol. The first-order chi connectivity index (χ1) is 5.25. The normalized spacial score (nSPS) is 37.5. The number of aliphatic imine (C=N–C) groups is 1. The van der Waals surface area contributed by atoms with Crippen molar-refractivity contribution in [2.45, 2.75) is 11.8 Å². The van der Waals surface area contributed by atoms with Crippen LogP contribution in [0.1, 0.15) is 6.92 Å². The molecule has 3 heteroatoms. The fourth-order valence-electron chi connectivity index (χ4n) is 1.34. The molecule has 11 heavy (non-hydrogen) atoms. The molecule has 0 amide bonds. The summed E-state index contributed by atoms with van der Waals surface area (Å²) in [4.78, 5) is 4.86. The topological polar surface area (TPSA) is 24.4 Å². The van der Waals surface area contributed by atoms with Crippen LogP contribution in [0.2, 0.25) is 0 Å². The van der Waals surface area contributed by atoms with Gasteiger partial charge in [-0.1, -0.05) is 22.9 Å². The molecule has 2 nitrogen and oxygen atoms in total. The van der Waals surface area contributed by atoms with Crippen LogP contribution in [0.5, 0.6) is 0 Å². The van der Waals surface area contributed by atoms with Crippen LogP contribution in [-0.4, -0.2) is 31.2 Å². The fraction of sp³-hybridized carbons (Fsp3) is 0.875. The average Bonchev–Trinajstić information content (AvgIpc) is 1.99. The van der Waals surface area contributed by atoms with Crippen molar-refractivity contribution in [3.63, 3.8) is 0 Å². The molecule has 2 unspecified atom stereocenters. The van der Waals surface area contributed by atoms with Gasteiger partial charge in [0.15, 0.2) is 0 Å². The molecule has 1 rings (SSSR count). The Hall–Kier alpha value is 0.110. The summed E-state index contributed by atoms with van der Waals surface area (Å²) in [5.41, 5.74) is 0. The van der Waals surface area contributed by atoms with Gasteiger partial charge in [-0.2, -0.15) is 0 Å².